The molecule has 0 aromatic heterocycles. The molecule has 0 heterocycles. The second kappa shape index (κ2) is 5.85. The summed E-state index contributed by atoms with van der Waals surface area (Å²) in [6, 6.07) is 0. The lowest BCUT2D eigenvalue weighted by atomic mass is 10.0. The molecular formula is C8H13FO7. The predicted molar refractivity (Wildman–Crippen MR) is 46.8 cm³/mol. The second-order valence-electron chi connectivity index (χ2n) is 3.15. The Balaban J connectivity index is 4.37. The Morgan fingerprint density at radius 3 is 2.38 bits per heavy atom. The molecule has 0 bridgehead atoms. The number of carbonyl (C=O) groups excluding carboxylic acids is 2. The Hall–Kier alpha value is -1.09. The van der Waals surface area contributed by atoms with Crippen LogP contribution in [0.4, 0.5) is 4.39 Å². The summed E-state index contributed by atoms with van der Waals surface area (Å²) >= 11 is 0. The SMILES string of the molecule is CC(=O)OC[C@@H](O)[C@@H](O)[C@H](O)[C@](O)(F)C=O. The van der Waals surface area contributed by atoms with Gasteiger partial charge in [-0.3, -0.25) is 9.59 Å². The summed E-state index contributed by atoms with van der Waals surface area (Å²) in [5, 5.41) is 35.8. The van der Waals surface area contributed by atoms with Crippen LogP contribution in [0.15, 0.2) is 0 Å². The molecule has 0 saturated heterocycles. The maximum atomic E-state index is 12.8. The average Bonchev–Trinajstić information content (AvgIpc) is 2.23. The van der Waals surface area contributed by atoms with E-state index in [0.29, 0.717) is 0 Å². The van der Waals surface area contributed by atoms with Gasteiger partial charge in [-0.1, -0.05) is 0 Å². The molecule has 0 saturated carbocycles. The molecule has 8 heteroatoms. The predicted octanol–water partition coefficient (Wildman–Crippen LogP) is -2.51. The fourth-order valence-corrected chi connectivity index (χ4v) is 0.821. The maximum Gasteiger partial charge on any atom is 0.302 e. The van der Waals surface area contributed by atoms with Gasteiger partial charge in [-0.25, -0.2) is 4.39 Å². The number of hydrogen-bond acceptors (Lipinski definition) is 7. The van der Waals surface area contributed by atoms with E-state index in [-0.39, 0.29) is 0 Å². The summed E-state index contributed by atoms with van der Waals surface area (Å²) in [7, 11) is 0. The van der Waals surface area contributed by atoms with Gasteiger partial charge in [0.15, 0.2) is 6.29 Å². The van der Waals surface area contributed by atoms with Gasteiger partial charge in [-0.05, 0) is 0 Å². The monoisotopic (exact) mass is 240 g/mol. The van der Waals surface area contributed by atoms with E-state index < -0.39 is 43.0 Å². The first-order chi connectivity index (χ1) is 7.22. The lowest BCUT2D eigenvalue weighted by Crippen LogP contribution is -2.52. The van der Waals surface area contributed by atoms with Crippen LogP contribution in [0, 0.1) is 0 Å². The number of halogens is 1. The Kier molecular flexibility index (Phi) is 5.45. The summed E-state index contributed by atoms with van der Waals surface area (Å²) in [6.45, 7) is 0.328. The first kappa shape index (κ1) is 14.9. The second-order valence-corrected chi connectivity index (χ2v) is 3.15. The molecule has 16 heavy (non-hydrogen) atoms. The van der Waals surface area contributed by atoms with Crippen LogP contribution in [0.2, 0.25) is 0 Å². The number of rotatable bonds is 6. The first-order valence-corrected chi connectivity index (χ1v) is 4.27. The summed E-state index contributed by atoms with van der Waals surface area (Å²) < 4.78 is 17.1. The van der Waals surface area contributed by atoms with E-state index in [9.17, 15) is 14.0 Å². The zero-order chi connectivity index (χ0) is 12.9. The molecule has 94 valence electrons. The van der Waals surface area contributed by atoms with Crippen molar-refractivity contribution in [1.82, 2.24) is 0 Å². The van der Waals surface area contributed by atoms with E-state index >= 15 is 0 Å². The van der Waals surface area contributed by atoms with Crippen molar-refractivity contribution >= 4 is 12.3 Å². The fraction of sp³-hybridized carbons (Fsp3) is 0.750. The highest BCUT2D eigenvalue weighted by Crippen LogP contribution is 2.15. The number of alkyl halides is 1. The van der Waals surface area contributed by atoms with Crippen molar-refractivity contribution in [3.05, 3.63) is 0 Å². The third-order valence-corrected chi connectivity index (χ3v) is 1.76. The van der Waals surface area contributed by atoms with Crippen molar-refractivity contribution in [3.8, 4) is 0 Å². The van der Waals surface area contributed by atoms with Crippen molar-refractivity contribution in [3.63, 3.8) is 0 Å². The molecule has 7 nitrogen and oxygen atoms in total. The summed E-state index contributed by atoms with van der Waals surface area (Å²) in [5.74, 6) is -4.44. The van der Waals surface area contributed by atoms with Gasteiger partial charge < -0.3 is 25.2 Å². The highest BCUT2D eigenvalue weighted by Gasteiger charge is 2.43. The minimum absolute atomic E-state index is 0.626. The molecule has 4 N–H and O–H groups in total. The van der Waals surface area contributed by atoms with Gasteiger partial charge in [0.1, 0.15) is 24.9 Å². The van der Waals surface area contributed by atoms with Crippen LogP contribution >= 0.6 is 0 Å². The Morgan fingerprint density at radius 1 is 1.50 bits per heavy atom. The van der Waals surface area contributed by atoms with E-state index in [2.05, 4.69) is 4.74 Å². The number of carbonyl (C=O) groups is 2. The van der Waals surface area contributed by atoms with E-state index in [1.807, 2.05) is 0 Å². The van der Waals surface area contributed by atoms with E-state index in [0.717, 1.165) is 6.92 Å². The van der Waals surface area contributed by atoms with Crippen LogP contribution in [0.25, 0.3) is 0 Å². The number of hydrogen-bond donors (Lipinski definition) is 4. The number of ether oxygens (including phenoxy) is 1. The number of aliphatic hydroxyl groups excluding tert-OH is 3. The molecule has 0 rings (SSSR count). The third-order valence-electron chi connectivity index (χ3n) is 1.76. The topological polar surface area (TPSA) is 124 Å². The smallest absolute Gasteiger partial charge is 0.302 e. The molecule has 0 fully saturated rings. The van der Waals surface area contributed by atoms with E-state index in [4.69, 9.17) is 20.4 Å². The molecule has 0 aliphatic rings. The summed E-state index contributed by atoms with van der Waals surface area (Å²) in [4.78, 5) is 20.3. The van der Waals surface area contributed by atoms with Crippen molar-refractivity contribution in [2.45, 2.75) is 31.1 Å². The van der Waals surface area contributed by atoms with Crippen LogP contribution in [-0.2, 0) is 14.3 Å². The van der Waals surface area contributed by atoms with Gasteiger partial charge in [0.05, 0.1) is 0 Å². The molecule has 0 spiro atoms. The average molecular weight is 240 g/mol. The maximum absolute atomic E-state index is 12.8. The van der Waals surface area contributed by atoms with Crippen LogP contribution < -0.4 is 0 Å². The molecule has 0 aliphatic heterocycles. The zero-order valence-electron chi connectivity index (χ0n) is 8.41. The lowest BCUT2D eigenvalue weighted by Gasteiger charge is -2.26. The van der Waals surface area contributed by atoms with Crippen molar-refractivity contribution in [2.24, 2.45) is 0 Å². The fourth-order valence-electron chi connectivity index (χ4n) is 0.821. The largest absolute Gasteiger partial charge is 0.463 e. The Labute approximate surface area is 90.1 Å². The molecule has 0 aromatic carbocycles. The van der Waals surface area contributed by atoms with Gasteiger partial charge in [-0.15, -0.1) is 0 Å². The number of esters is 1. The van der Waals surface area contributed by atoms with Gasteiger partial charge in [0.25, 0.3) is 5.85 Å². The molecule has 0 radical (unpaired) electrons. The van der Waals surface area contributed by atoms with E-state index in [1.165, 1.54) is 0 Å². The highest BCUT2D eigenvalue weighted by molar-refractivity contribution is 5.65. The summed E-state index contributed by atoms with van der Waals surface area (Å²) in [6.07, 6.45) is -7.18. The normalized spacial score (nSPS) is 20.4. The van der Waals surface area contributed by atoms with Crippen molar-refractivity contribution < 1.29 is 39.1 Å². The van der Waals surface area contributed by atoms with Crippen LogP contribution in [-0.4, -0.2) is 63.5 Å². The number of aldehydes is 1. The van der Waals surface area contributed by atoms with Crippen molar-refractivity contribution in [2.75, 3.05) is 6.61 Å². The lowest BCUT2D eigenvalue weighted by molar-refractivity contribution is -0.206. The zero-order valence-corrected chi connectivity index (χ0v) is 8.41. The molecule has 0 aliphatic carbocycles. The van der Waals surface area contributed by atoms with Gasteiger partial charge >= 0.3 is 5.97 Å². The third kappa shape index (κ3) is 4.19. The van der Waals surface area contributed by atoms with Gasteiger partial charge in [-0.2, -0.15) is 0 Å². The molecule has 0 unspecified atom stereocenters. The Morgan fingerprint density at radius 2 is 2.00 bits per heavy atom. The molecule has 0 aromatic rings. The van der Waals surface area contributed by atoms with Crippen molar-refractivity contribution in [1.29, 1.82) is 0 Å². The number of aliphatic hydroxyl groups is 4. The highest BCUT2D eigenvalue weighted by atomic mass is 19.2. The van der Waals surface area contributed by atoms with Gasteiger partial charge in [0, 0.05) is 6.92 Å². The van der Waals surface area contributed by atoms with Crippen LogP contribution in [0.3, 0.4) is 0 Å². The first-order valence-electron chi connectivity index (χ1n) is 4.27. The molecular weight excluding hydrogens is 227 g/mol. The standard InChI is InChI=1S/C8H13FO7/c1-4(11)16-2-5(12)6(13)7(14)8(9,15)3-10/h3,5-7,12-15H,2H2,1H3/t5-,6-,7+,8+/m1/s1. The van der Waals surface area contributed by atoms with E-state index in [1.54, 1.807) is 0 Å². The van der Waals surface area contributed by atoms with Crippen LogP contribution in [0.5, 0.6) is 0 Å². The Bertz CT molecular complexity index is 255. The van der Waals surface area contributed by atoms with Crippen LogP contribution in [0.1, 0.15) is 6.92 Å². The van der Waals surface area contributed by atoms with Gasteiger partial charge in [0.2, 0.25) is 0 Å². The quantitative estimate of drug-likeness (QED) is 0.298. The summed E-state index contributed by atoms with van der Waals surface area (Å²) in [5.41, 5.74) is 0. The minimum Gasteiger partial charge on any atom is -0.463 e. The molecule has 4 atom stereocenters. The minimum atomic E-state index is -3.68. The molecule has 0 amide bonds.